The molecule has 1 aliphatic carbocycles. The molecule has 0 bridgehead atoms. The Morgan fingerprint density at radius 1 is 1.25 bits per heavy atom. The molecule has 1 aromatic rings. The number of carbonyl (C=O) groups is 2. The molecule has 108 valence electrons. The molecular formula is C15H21N3O2. The fourth-order valence-corrected chi connectivity index (χ4v) is 1.94. The van der Waals surface area contributed by atoms with Crippen molar-refractivity contribution in [1.82, 2.24) is 5.32 Å². The lowest BCUT2D eigenvalue weighted by Crippen LogP contribution is -2.29. The van der Waals surface area contributed by atoms with E-state index < -0.39 is 0 Å². The summed E-state index contributed by atoms with van der Waals surface area (Å²) in [5.41, 5.74) is 2.38. The SMILES string of the molecule is CC(=O)Nc1ccc(C)c(NC(=O)CNCC2CC2)c1. The van der Waals surface area contributed by atoms with Gasteiger partial charge in [-0.25, -0.2) is 0 Å². The van der Waals surface area contributed by atoms with Crippen molar-refractivity contribution < 1.29 is 9.59 Å². The van der Waals surface area contributed by atoms with Gasteiger partial charge in [-0.05, 0) is 49.9 Å². The molecule has 5 nitrogen and oxygen atoms in total. The molecule has 0 aliphatic heterocycles. The summed E-state index contributed by atoms with van der Waals surface area (Å²) >= 11 is 0. The van der Waals surface area contributed by atoms with Gasteiger partial charge in [-0.15, -0.1) is 0 Å². The molecule has 0 unspecified atom stereocenters. The Hall–Kier alpha value is -1.88. The van der Waals surface area contributed by atoms with Crippen molar-refractivity contribution in [2.24, 2.45) is 5.92 Å². The lowest BCUT2D eigenvalue weighted by atomic mass is 10.1. The van der Waals surface area contributed by atoms with Gasteiger partial charge < -0.3 is 16.0 Å². The second-order valence-corrected chi connectivity index (χ2v) is 5.33. The van der Waals surface area contributed by atoms with Gasteiger partial charge in [0.25, 0.3) is 0 Å². The molecule has 2 amide bonds. The minimum absolute atomic E-state index is 0.0614. The van der Waals surface area contributed by atoms with Crippen LogP contribution in [-0.4, -0.2) is 24.9 Å². The van der Waals surface area contributed by atoms with Crippen molar-refractivity contribution in [3.8, 4) is 0 Å². The molecule has 1 aromatic carbocycles. The van der Waals surface area contributed by atoms with E-state index in [9.17, 15) is 9.59 Å². The van der Waals surface area contributed by atoms with Crippen LogP contribution in [0.1, 0.15) is 25.3 Å². The summed E-state index contributed by atoms with van der Waals surface area (Å²) in [5.74, 6) is 0.568. The minimum atomic E-state index is -0.128. The maximum atomic E-state index is 11.8. The van der Waals surface area contributed by atoms with Crippen molar-refractivity contribution in [3.05, 3.63) is 23.8 Å². The number of nitrogens with one attached hydrogen (secondary N) is 3. The number of aryl methyl sites for hydroxylation is 1. The van der Waals surface area contributed by atoms with Crippen LogP contribution in [0.3, 0.4) is 0 Å². The second kappa shape index (κ2) is 6.52. The van der Waals surface area contributed by atoms with Crippen LogP contribution in [0.15, 0.2) is 18.2 Å². The number of carbonyl (C=O) groups excluding carboxylic acids is 2. The molecule has 0 radical (unpaired) electrons. The quantitative estimate of drug-likeness (QED) is 0.742. The van der Waals surface area contributed by atoms with Crippen LogP contribution in [0.25, 0.3) is 0 Å². The first-order valence-corrected chi connectivity index (χ1v) is 6.93. The topological polar surface area (TPSA) is 70.2 Å². The number of hydrogen-bond donors (Lipinski definition) is 3. The summed E-state index contributed by atoms with van der Waals surface area (Å²) in [4.78, 5) is 22.9. The predicted octanol–water partition coefficient (Wildman–Crippen LogP) is 1.89. The number of benzene rings is 1. The fourth-order valence-electron chi connectivity index (χ4n) is 1.94. The van der Waals surface area contributed by atoms with Crippen molar-refractivity contribution >= 4 is 23.2 Å². The van der Waals surface area contributed by atoms with Crippen molar-refractivity contribution in [2.45, 2.75) is 26.7 Å². The fraction of sp³-hybridized carbons (Fsp3) is 0.467. The Morgan fingerprint density at radius 3 is 2.65 bits per heavy atom. The molecule has 2 rings (SSSR count). The first-order valence-electron chi connectivity index (χ1n) is 6.93. The molecule has 0 saturated heterocycles. The minimum Gasteiger partial charge on any atom is -0.326 e. The smallest absolute Gasteiger partial charge is 0.238 e. The largest absolute Gasteiger partial charge is 0.326 e. The average Bonchev–Trinajstić information content (AvgIpc) is 3.17. The van der Waals surface area contributed by atoms with E-state index >= 15 is 0 Å². The van der Waals surface area contributed by atoms with Crippen LogP contribution in [0.2, 0.25) is 0 Å². The van der Waals surface area contributed by atoms with Gasteiger partial charge in [-0.2, -0.15) is 0 Å². The van der Waals surface area contributed by atoms with Crippen LogP contribution in [0.5, 0.6) is 0 Å². The van der Waals surface area contributed by atoms with Crippen LogP contribution in [-0.2, 0) is 9.59 Å². The highest BCUT2D eigenvalue weighted by Gasteiger charge is 2.20. The van der Waals surface area contributed by atoms with E-state index in [1.54, 1.807) is 6.07 Å². The summed E-state index contributed by atoms with van der Waals surface area (Å²) in [7, 11) is 0. The zero-order valence-electron chi connectivity index (χ0n) is 12.0. The van der Waals surface area contributed by atoms with Gasteiger partial charge in [-0.1, -0.05) is 6.07 Å². The number of anilines is 2. The van der Waals surface area contributed by atoms with E-state index in [2.05, 4.69) is 16.0 Å². The molecule has 1 saturated carbocycles. The van der Waals surface area contributed by atoms with Gasteiger partial charge in [0.2, 0.25) is 11.8 Å². The van der Waals surface area contributed by atoms with E-state index in [0.717, 1.165) is 23.7 Å². The van der Waals surface area contributed by atoms with Gasteiger partial charge in [0.05, 0.1) is 6.54 Å². The van der Waals surface area contributed by atoms with E-state index in [1.807, 2.05) is 19.1 Å². The average molecular weight is 275 g/mol. The number of hydrogen-bond acceptors (Lipinski definition) is 3. The molecule has 1 aliphatic rings. The van der Waals surface area contributed by atoms with Crippen LogP contribution < -0.4 is 16.0 Å². The Balaban J connectivity index is 1.88. The monoisotopic (exact) mass is 275 g/mol. The first kappa shape index (κ1) is 14.5. The highest BCUT2D eigenvalue weighted by atomic mass is 16.2. The van der Waals surface area contributed by atoms with Gasteiger partial charge in [-0.3, -0.25) is 9.59 Å². The van der Waals surface area contributed by atoms with Crippen LogP contribution in [0, 0.1) is 12.8 Å². The highest BCUT2D eigenvalue weighted by Crippen LogP contribution is 2.27. The molecule has 3 N–H and O–H groups in total. The Bertz CT molecular complexity index is 510. The molecule has 5 heteroatoms. The highest BCUT2D eigenvalue weighted by molar-refractivity contribution is 5.95. The zero-order valence-corrected chi connectivity index (χ0v) is 12.0. The van der Waals surface area contributed by atoms with Crippen molar-refractivity contribution in [2.75, 3.05) is 23.7 Å². The van der Waals surface area contributed by atoms with Crippen molar-refractivity contribution in [1.29, 1.82) is 0 Å². The summed E-state index contributed by atoms with van der Waals surface area (Å²) < 4.78 is 0. The third-order valence-corrected chi connectivity index (χ3v) is 3.25. The van der Waals surface area contributed by atoms with Gasteiger partial charge >= 0.3 is 0 Å². The van der Waals surface area contributed by atoms with Gasteiger partial charge in [0.15, 0.2) is 0 Å². The van der Waals surface area contributed by atoms with E-state index in [-0.39, 0.29) is 11.8 Å². The third kappa shape index (κ3) is 4.66. The van der Waals surface area contributed by atoms with E-state index in [0.29, 0.717) is 12.2 Å². The lowest BCUT2D eigenvalue weighted by molar-refractivity contribution is -0.115. The molecule has 0 atom stereocenters. The zero-order chi connectivity index (χ0) is 14.5. The molecule has 0 heterocycles. The molecule has 0 aromatic heterocycles. The molecule has 1 fully saturated rings. The number of amides is 2. The summed E-state index contributed by atoms with van der Waals surface area (Å²) in [6.07, 6.45) is 2.54. The van der Waals surface area contributed by atoms with Crippen LogP contribution in [0.4, 0.5) is 11.4 Å². The lowest BCUT2D eigenvalue weighted by Gasteiger charge is -2.11. The van der Waals surface area contributed by atoms with Crippen molar-refractivity contribution in [3.63, 3.8) is 0 Å². The molecule has 20 heavy (non-hydrogen) atoms. The number of rotatable bonds is 6. The Kier molecular flexibility index (Phi) is 4.74. The molecule has 0 spiro atoms. The van der Waals surface area contributed by atoms with Crippen LogP contribution >= 0.6 is 0 Å². The third-order valence-electron chi connectivity index (χ3n) is 3.25. The maximum absolute atomic E-state index is 11.8. The Labute approximate surface area is 119 Å². The van der Waals surface area contributed by atoms with E-state index in [4.69, 9.17) is 0 Å². The van der Waals surface area contributed by atoms with E-state index in [1.165, 1.54) is 19.8 Å². The summed E-state index contributed by atoms with van der Waals surface area (Å²) in [6, 6.07) is 5.46. The summed E-state index contributed by atoms with van der Waals surface area (Å²) in [6.45, 7) is 4.61. The van der Waals surface area contributed by atoms with Gasteiger partial charge in [0, 0.05) is 18.3 Å². The first-order chi connectivity index (χ1) is 9.54. The van der Waals surface area contributed by atoms with Gasteiger partial charge in [0.1, 0.15) is 0 Å². The standard InChI is InChI=1S/C15H21N3O2/c1-10-3-6-13(17-11(2)19)7-14(10)18-15(20)9-16-8-12-4-5-12/h3,6-7,12,16H,4-5,8-9H2,1-2H3,(H,17,19)(H,18,20). The normalized spacial score (nSPS) is 13.9. The molecular weight excluding hydrogens is 254 g/mol. The predicted molar refractivity (Wildman–Crippen MR) is 79.7 cm³/mol. The second-order valence-electron chi connectivity index (χ2n) is 5.33. The maximum Gasteiger partial charge on any atom is 0.238 e. The Morgan fingerprint density at radius 2 is 2.00 bits per heavy atom. The summed E-state index contributed by atoms with van der Waals surface area (Å²) in [5, 5.41) is 8.72.